The van der Waals surface area contributed by atoms with E-state index >= 15 is 0 Å². The highest BCUT2D eigenvalue weighted by atomic mass is 127. The lowest BCUT2D eigenvalue weighted by molar-refractivity contribution is -0.384. The predicted octanol–water partition coefficient (Wildman–Crippen LogP) is 4.11. The van der Waals surface area contributed by atoms with Crippen molar-refractivity contribution in [3.05, 3.63) is 60.7 Å². The molecule has 114 valence electrons. The molecule has 0 unspecified atom stereocenters. The third-order valence-electron chi connectivity index (χ3n) is 2.83. The normalized spacial score (nSPS) is 10.1. The maximum absolute atomic E-state index is 12.3. The Balaban J connectivity index is 2.37. The fourth-order valence-electron chi connectivity index (χ4n) is 1.78. The molecule has 0 spiro atoms. The lowest BCUT2D eigenvalue weighted by Crippen LogP contribution is -2.14. The number of halogens is 2. The molecule has 2 aromatic carbocycles. The molecule has 1 amide bonds. The number of carbonyl (C=O) groups excluding carboxylic acids is 1. The van der Waals surface area contributed by atoms with Gasteiger partial charge in [-0.1, -0.05) is 23.7 Å². The van der Waals surface area contributed by atoms with Crippen LogP contribution in [0.4, 0.5) is 11.4 Å². The molecular weight excluding hydrogens is 423 g/mol. The quantitative estimate of drug-likeness (QED) is 0.448. The molecule has 0 aromatic heterocycles. The van der Waals surface area contributed by atoms with Crippen molar-refractivity contribution in [1.29, 1.82) is 0 Å². The molecule has 0 atom stereocenters. The van der Waals surface area contributed by atoms with Crippen LogP contribution in [0.2, 0.25) is 5.02 Å². The van der Waals surface area contributed by atoms with Crippen LogP contribution >= 0.6 is 34.2 Å². The van der Waals surface area contributed by atoms with E-state index in [4.69, 9.17) is 16.3 Å². The lowest BCUT2D eigenvalue weighted by atomic mass is 10.2. The van der Waals surface area contributed by atoms with Gasteiger partial charge in [0.05, 0.1) is 29.4 Å². The molecule has 1 N–H and O–H groups in total. The van der Waals surface area contributed by atoms with Gasteiger partial charge in [0.1, 0.15) is 10.8 Å². The molecule has 0 aliphatic heterocycles. The van der Waals surface area contributed by atoms with Crippen molar-refractivity contribution >= 4 is 51.5 Å². The van der Waals surface area contributed by atoms with Crippen molar-refractivity contribution in [2.24, 2.45) is 0 Å². The van der Waals surface area contributed by atoms with Crippen molar-refractivity contribution in [2.75, 3.05) is 12.4 Å². The fraction of sp³-hybridized carbons (Fsp3) is 0.0714. The number of ether oxygens (including phenoxy) is 1. The molecule has 0 heterocycles. The zero-order valence-electron chi connectivity index (χ0n) is 11.3. The van der Waals surface area contributed by atoms with Gasteiger partial charge in [-0.2, -0.15) is 0 Å². The predicted molar refractivity (Wildman–Crippen MR) is 91.8 cm³/mol. The third kappa shape index (κ3) is 3.47. The molecule has 22 heavy (non-hydrogen) atoms. The highest BCUT2D eigenvalue weighted by Gasteiger charge is 2.19. The number of methoxy groups -OCH3 is 1. The first-order chi connectivity index (χ1) is 10.4. The zero-order valence-corrected chi connectivity index (χ0v) is 14.2. The smallest absolute Gasteiger partial charge is 0.291 e. The number of amides is 1. The van der Waals surface area contributed by atoms with Crippen LogP contribution in [0.15, 0.2) is 36.4 Å². The first kappa shape index (κ1) is 16.5. The second-order valence-corrected chi connectivity index (χ2v) is 5.76. The van der Waals surface area contributed by atoms with E-state index in [1.54, 1.807) is 18.2 Å². The van der Waals surface area contributed by atoms with Crippen LogP contribution < -0.4 is 10.1 Å². The lowest BCUT2D eigenvalue weighted by Gasteiger charge is -2.11. The van der Waals surface area contributed by atoms with E-state index in [1.165, 1.54) is 19.2 Å². The van der Waals surface area contributed by atoms with Crippen LogP contribution in [0.25, 0.3) is 0 Å². The van der Waals surface area contributed by atoms with Crippen molar-refractivity contribution in [3.63, 3.8) is 0 Å². The highest BCUT2D eigenvalue weighted by Crippen LogP contribution is 2.36. The molecule has 2 aromatic rings. The summed E-state index contributed by atoms with van der Waals surface area (Å²) in [6.45, 7) is 0. The number of nitro benzene ring substituents is 1. The van der Waals surface area contributed by atoms with Crippen molar-refractivity contribution in [3.8, 4) is 5.75 Å². The Hall–Kier alpha value is -1.87. The van der Waals surface area contributed by atoms with E-state index < -0.39 is 4.92 Å². The van der Waals surface area contributed by atoms with Gasteiger partial charge >= 0.3 is 0 Å². The summed E-state index contributed by atoms with van der Waals surface area (Å²) in [6, 6.07) is 9.52. The van der Waals surface area contributed by atoms with E-state index in [0.717, 1.165) is 3.57 Å². The number of benzene rings is 2. The summed E-state index contributed by atoms with van der Waals surface area (Å²) in [5, 5.41) is 13.4. The summed E-state index contributed by atoms with van der Waals surface area (Å²) in [5.41, 5.74) is 0.466. The summed E-state index contributed by atoms with van der Waals surface area (Å²) in [5.74, 6) is -0.191. The summed E-state index contributed by atoms with van der Waals surface area (Å²) >= 11 is 7.91. The van der Waals surface area contributed by atoms with E-state index in [9.17, 15) is 14.9 Å². The zero-order chi connectivity index (χ0) is 16.3. The number of nitro groups is 1. The first-order valence-electron chi connectivity index (χ1n) is 6.02. The SMILES string of the molecule is COc1cc([N+](=O)[O-])c(Cl)cc1NC(=O)c1ccccc1I. The molecule has 0 aliphatic carbocycles. The number of anilines is 1. The van der Waals surface area contributed by atoms with Gasteiger partial charge in [0, 0.05) is 3.57 Å². The summed E-state index contributed by atoms with van der Waals surface area (Å²) in [4.78, 5) is 22.5. The first-order valence-corrected chi connectivity index (χ1v) is 7.47. The number of rotatable bonds is 4. The summed E-state index contributed by atoms with van der Waals surface area (Å²) in [7, 11) is 1.36. The number of nitrogens with zero attached hydrogens (tertiary/aromatic N) is 1. The Bertz CT molecular complexity index is 752. The average molecular weight is 433 g/mol. The van der Waals surface area contributed by atoms with Gasteiger partial charge in [0.2, 0.25) is 0 Å². The Kier molecular flexibility index (Phi) is 5.19. The molecule has 2 rings (SSSR count). The maximum Gasteiger partial charge on any atom is 0.291 e. The van der Waals surface area contributed by atoms with E-state index in [1.807, 2.05) is 28.7 Å². The minimum absolute atomic E-state index is 0.0798. The number of hydrogen-bond donors (Lipinski definition) is 1. The van der Waals surface area contributed by atoms with Gasteiger partial charge < -0.3 is 10.1 Å². The monoisotopic (exact) mass is 432 g/mol. The Morgan fingerprint density at radius 2 is 2.05 bits per heavy atom. The topological polar surface area (TPSA) is 81.5 Å². The minimum atomic E-state index is -0.614. The second kappa shape index (κ2) is 6.93. The maximum atomic E-state index is 12.3. The molecule has 0 aliphatic rings. The van der Waals surface area contributed by atoms with Gasteiger partial charge in [-0.25, -0.2) is 0 Å². The van der Waals surface area contributed by atoms with Gasteiger partial charge in [-0.15, -0.1) is 0 Å². The van der Waals surface area contributed by atoms with E-state index in [0.29, 0.717) is 5.56 Å². The van der Waals surface area contributed by atoms with Crippen LogP contribution in [0.3, 0.4) is 0 Å². The van der Waals surface area contributed by atoms with Crippen LogP contribution in [0, 0.1) is 13.7 Å². The van der Waals surface area contributed by atoms with Crippen LogP contribution in [-0.2, 0) is 0 Å². The molecular formula is C14H10ClIN2O4. The minimum Gasteiger partial charge on any atom is -0.494 e. The molecule has 0 fully saturated rings. The largest absolute Gasteiger partial charge is 0.494 e. The van der Waals surface area contributed by atoms with E-state index in [2.05, 4.69) is 5.32 Å². The second-order valence-electron chi connectivity index (χ2n) is 4.19. The molecule has 0 saturated carbocycles. The highest BCUT2D eigenvalue weighted by molar-refractivity contribution is 14.1. The van der Waals surface area contributed by atoms with Gasteiger partial charge in [0.25, 0.3) is 11.6 Å². The number of nitrogens with one attached hydrogen (secondary N) is 1. The van der Waals surface area contributed by atoms with Crippen LogP contribution in [0.5, 0.6) is 5.75 Å². The van der Waals surface area contributed by atoms with Crippen molar-refractivity contribution in [1.82, 2.24) is 0 Å². The fourth-order valence-corrected chi connectivity index (χ4v) is 2.65. The average Bonchev–Trinajstić information content (AvgIpc) is 2.47. The number of carbonyl (C=O) groups is 1. The molecule has 0 bridgehead atoms. The number of hydrogen-bond acceptors (Lipinski definition) is 4. The Labute approximate surface area is 144 Å². The van der Waals surface area contributed by atoms with Gasteiger partial charge in [-0.3, -0.25) is 14.9 Å². The standard InChI is InChI=1S/C14H10ClIN2O4/c1-22-13-7-12(18(20)21)9(15)6-11(13)17-14(19)8-4-2-3-5-10(8)16/h2-7H,1H3,(H,17,19). The van der Waals surface area contributed by atoms with Crippen molar-refractivity contribution in [2.45, 2.75) is 0 Å². The summed E-state index contributed by atoms with van der Waals surface area (Å²) in [6.07, 6.45) is 0. The molecule has 8 heteroatoms. The Morgan fingerprint density at radius 1 is 1.36 bits per heavy atom. The molecule has 6 nitrogen and oxygen atoms in total. The van der Waals surface area contributed by atoms with Crippen LogP contribution in [0.1, 0.15) is 10.4 Å². The van der Waals surface area contributed by atoms with Crippen molar-refractivity contribution < 1.29 is 14.5 Å². The van der Waals surface area contributed by atoms with Gasteiger partial charge in [-0.05, 0) is 40.8 Å². The Morgan fingerprint density at radius 3 is 2.64 bits per heavy atom. The molecule has 0 radical (unpaired) electrons. The van der Waals surface area contributed by atoms with Crippen LogP contribution in [-0.4, -0.2) is 17.9 Å². The summed E-state index contributed by atoms with van der Waals surface area (Å²) < 4.78 is 5.86. The molecule has 0 saturated heterocycles. The van der Waals surface area contributed by atoms with E-state index in [-0.39, 0.29) is 28.1 Å². The third-order valence-corrected chi connectivity index (χ3v) is 4.08. The van der Waals surface area contributed by atoms with Gasteiger partial charge in [0.15, 0.2) is 0 Å².